The van der Waals surface area contributed by atoms with Gasteiger partial charge in [-0.3, -0.25) is 14.9 Å². The second kappa shape index (κ2) is 10.5. The minimum absolute atomic E-state index is 0.00587. The molecule has 0 unspecified atom stereocenters. The first-order valence-electron chi connectivity index (χ1n) is 9.04. The van der Waals surface area contributed by atoms with Gasteiger partial charge in [-0.15, -0.1) is 0 Å². The topological polar surface area (TPSA) is 90.7 Å². The maximum absolute atomic E-state index is 12.1. The molecule has 0 saturated heterocycles. The molecule has 0 atom stereocenters. The van der Waals surface area contributed by atoms with Crippen LogP contribution in [0.15, 0.2) is 42.5 Å². The first kappa shape index (κ1) is 22.2. The summed E-state index contributed by atoms with van der Waals surface area (Å²) in [7, 11) is 1.55. The van der Waals surface area contributed by atoms with Crippen LogP contribution in [0.1, 0.15) is 25.8 Å². The number of ether oxygens (including phenoxy) is 2. The minimum atomic E-state index is -0.606. The Labute approximate surface area is 174 Å². The SMILES string of the molecule is COc1cc(/C=C/C(=O)Nc2ccc(Cl)c([N+](=O)[O-])c2)ccc1OCCC(C)C. The van der Waals surface area contributed by atoms with Crippen molar-refractivity contribution in [3.05, 3.63) is 63.2 Å². The molecule has 154 valence electrons. The summed E-state index contributed by atoms with van der Waals surface area (Å²) in [6, 6.07) is 9.43. The largest absolute Gasteiger partial charge is 0.493 e. The molecule has 0 bridgehead atoms. The molecular formula is C21H23ClN2O5. The third-order valence-electron chi connectivity index (χ3n) is 3.98. The number of nitrogens with one attached hydrogen (secondary N) is 1. The Hall–Kier alpha value is -3.06. The van der Waals surface area contributed by atoms with Gasteiger partial charge in [0.15, 0.2) is 11.5 Å². The summed E-state index contributed by atoms with van der Waals surface area (Å²) in [6.45, 7) is 4.85. The Morgan fingerprint density at radius 2 is 2.00 bits per heavy atom. The van der Waals surface area contributed by atoms with Crippen LogP contribution in [0.2, 0.25) is 5.02 Å². The van der Waals surface area contributed by atoms with Crippen LogP contribution in [-0.4, -0.2) is 24.5 Å². The number of halogens is 1. The second-order valence-corrected chi connectivity index (χ2v) is 7.09. The van der Waals surface area contributed by atoms with Crippen molar-refractivity contribution in [1.29, 1.82) is 0 Å². The van der Waals surface area contributed by atoms with Crippen molar-refractivity contribution in [1.82, 2.24) is 0 Å². The summed E-state index contributed by atoms with van der Waals surface area (Å²) >= 11 is 5.77. The van der Waals surface area contributed by atoms with Gasteiger partial charge >= 0.3 is 0 Å². The van der Waals surface area contributed by atoms with E-state index in [0.717, 1.165) is 12.0 Å². The number of hydrogen-bond donors (Lipinski definition) is 1. The highest BCUT2D eigenvalue weighted by Crippen LogP contribution is 2.29. The van der Waals surface area contributed by atoms with Gasteiger partial charge in [0.25, 0.3) is 5.69 Å². The van der Waals surface area contributed by atoms with Crippen molar-refractivity contribution in [3.8, 4) is 11.5 Å². The molecule has 1 N–H and O–H groups in total. The van der Waals surface area contributed by atoms with Gasteiger partial charge in [0.05, 0.1) is 18.6 Å². The van der Waals surface area contributed by atoms with E-state index in [9.17, 15) is 14.9 Å². The quantitative estimate of drug-likeness (QED) is 0.337. The molecule has 0 heterocycles. The van der Waals surface area contributed by atoms with Crippen molar-refractivity contribution in [3.63, 3.8) is 0 Å². The van der Waals surface area contributed by atoms with Gasteiger partial charge in [0.1, 0.15) is 5.02 Å². The molecule has 0 saturated carbocycles. The van der Waals surface area contributed by atoms with E-state index < -0.39 is 10.8 Å². The van der Waals surface area contributed by atoms with E-state index in [2.05, 4.69) is 19.2 Å². The van der Waals surface area contributed by atoms with Gasteiger partial charge in [0.2, 0.25) is 5.91 Å². The third-order valence-corrected chi connectivity index (χ3v) is 4.30. The summed E-state index contributed by atoms with van der Waals surface area (Å²) in [5.41, 5.74) is 0.753. The normalized spacial score (nSPS) is 10.9. The molecule has 2 aromatic rings. The monoisotopic (exact) mass is 418 g/mol. The summed E-state index contributed by atoms with van der Waals surface area (Å²) in [4.78, 5) is 22.4. The van der Waals surface area contributed by atoms with E-state index in [4.69, 9.17) is 21.1 Å². The lowest BCUT2D eigenvalue weighted by Gasteiger charge is -2.12. The van der Waals surface area contributed by atoms with Crippen LogP contribution in [0.4, 0.5) is 11.4 Å². The van der Waals surface area contributed by atoms with Crippen LogP contribution >= 0.6 is 11.6 Å². The van der Waals surface area contributed by atoms with Crippen molar-refractivity contribution in [2.45, 2.75) is 20.3 Å². The van der Waals surface area contributed by atoms with Crippen LogP contribution in [-0.2, 0) is 4.79 Å². The predicted octanol–water partition coefficient (Wildman–Crippen LogP) is 5.33. The molecule has 0 fully saturated rings. The molecule has 0 aliphatic carbocycles. The fraction of sp³-hybridized carbons (Fsp3) is 0.286. The zero-order valence-electron chi connectivity index (χ0n) is 16.5. The number of rotatable bonds is 9. The first-order valence-corrected chi connectivity index (χ1v) is 9.41. The number of amides is 1. The first-order chi connectivity index (χ1) is 13.8. The second-order valence-electron chi connectivity index (χ2n) is 6.69. The van der Waals surface area contributed by atoms with E-state index >= 15 is 0 Å². The van der Waals surface area contributed by atoms with E-state index in [1.807, 2.05) is 6.07 Å². The van der Waals surface area contributed by atoms with Crippen LogP contribution in [0, 0.1) is 16.0 Å². The lowest BCUT2D eigenvalue weighted by molar-refractivity contribution is -0.384. The molecule has 0 spiro atoms. The zero-order valence-corrected chi connectivity index (χ0v) is 17.2. The molecule has 0 aliphatic rings. The van der Waals surface area contributed by atoms with Gasteiger partial charge in [-0.2, -0.15) is 0 Å². The van der Waals surface area contributed by atoms with Crippen LogP contribution in [0.5, 0.6) is 11.5 Å². The minimum Gasteiger partial charge on any atom is -0.493 e. The van der Waals surface area contributed by atoms with E-state index in [1.54, 1.807) is 25.3 Å². The molecule has 2 aromatic carbocycles. The van der Waals surface area contributed by atoms with Gasteiger partial charge < -0.3 is 14.8 Å². The van der Waals surface area contributed by atoms with Gasteiger partial charge in [-0.25, -0.2) is 0 Å². The van der Waals surface area contributed by atoms with Gasteiger partial charge in [-0.05, 0) is 48.2 Å². The molecule has 7 nitrogen and oxygen atoms in total. The fourth-order valence-electron chi connectivity index (χ4n) is 2.40. The molecule has 1 amide bonds. The number of methoxy groups -OCH3 is 1. The maximum Gasteiger partial charge on any atom is 0.289 e. The van der Waals surface area contributed by atoms with Crippen LogP contribution < -0.4 is 14.8 Å². The van der Waals surface area contributed by atoms with Gasteiger partial charge in [0, 0.05) is 17.8 Å². The zero-order chi connectivity index (χ0) is 21.4. The Kier molecular flexibility index (Phi) is 8.03. The van der Waals surface area contributed by atoms with Crippen molar-refractivity contribution < 1.29 is 19.2 Å². The number of hydrogen-bond acceptors (Lipinski definition) is 5. The summed E-state index contributed by atoms with van der Waals surface area (Å²) in [5, 5.41) is 13.5. The number of carbonyl (C=O) groups excluding carboxylic acids is 1. The Morgan fingerprint density at radius 3 is 2.66 bits per heavy atom. The van der Waals surface area contributed by atoms with Crippen molar-refractivity contribution >= 4 is 35.0 Å². The van der Waals surface area contributed by atoms with E-state index in [1.165, 1.54) is 24.3 Å². The number of carbonyl (C=O) groups is 1. The molecule has 8 heteroatoms. The van der Waals surface area contributed by atoms with E-state index in [-0.39, 0.29) is 16.4 Å². The molecular weight excluding hydrogens is 396 g/mol. The predicted molar refractivity (Wildman–Crippen MR) is 114 cm³/mol. The number of nitro groups is 1. The number of benzene rings is 2. The molecule has 2 rings (SSSR count). The van der Waals surface area contributed by atoms with Crippen molar-refractivity contribution in [2.75, 3.05) is 19.0 Å². The van der Waals surface area contributed by atoms with Crippen LogP contribution in [0.25, 0.3) is 6.08 Å². The Bertz CT molecular complexity index is 912. The highest BCUT2D eigenvalue weighted by molar-refractivity contribution is 6.32. The smallest absolute Gasteiger partial charge is 0.289 e. The number of nitro benzene ring substituents is 1. The summed E-state index contributed by atoms with van der Waals surface area (Å²) < 4.78 is 11.1. The standard InChI is InChI=1S/C21H23ClN2O5/c1-14(2)10-11-29-19-8-4-15(12-20(19)28-3)5-9-21(25)23-16-6-7-17(22)18(13-16)24(26)27/h4-9,12-14H,10-11H2,1-3H3,(H,23,25)/b9-5+. The Balaban J connectivity index is 2.04. The average Bonchev–Trinajstić information content (AvgIpc) is 2.68. The van der Waals surface area contributed by atoms with Crippen LogP contribution in [0.3, 0.4) is 0 Å². The molecule has 29 heavy (non-hydrogen) atoms. The number of anilines is 1. The molecule has 0 aliphatic heterocycles. The summed E-state index contributed by atoms with van der Waals surface area (Å²) in [6.07, 6.45) is 3.88. The molecule has 0 radical (unpaired) electrons. The average molecular weight is 419 g/mol. The van der Waals surface area contributed by atoms with E-state index in [0.29, 0.717) is 24.0 Å². The summed E-state index contributed by atoms with van der Waals surface area (Å²) in [5.74, 6) is 1.33. The highest BCUT2D eigenvalue weighted by Gasteiger charge is 2.13. The third kappa shape index (κ3) is 6.80. The maximum atomic E-state index is 12.1. The lowest BCUT2D eigenvalue weighted by atomic mass is 10.1. The highest BCUT2D eigenvalue weighted by atomic mass is 35.5. The Morgan fingerprint density at radius 1 is 1.24 bits per heavy atom. The lowest BCUT2D eigenvalue weighted by Crippen LogP contribution is -2.08. The number of nitrogens with zero attached hydrogens (tertiary/aromatic N) is 1. The fourth-order valence-corrected chi connectivity index (χ4v) is 2.58. The van der Waals surface area contributed by atoms with Gasteiger partial charge in [-0.1, -0.05) is 31.5 Å². The molecule has 0 aromatic heterocycles. The van der Waals surface area contributed by atoms with Crippen molar-refractivity contribution in [2.24, 2.45) is 5.92 Å².